The number of nitrogens with zero attached hydrogens (tertiary/aromatic N) is 2. The summed E-state index contributed by atoms with van der Waals surface area (Å²) in [5.74, 6) is -0.740. The summed E-state index contributed by atoms with van der Waals surface area (Å²) < 4.78 is 24.5. The highest BCUT2D eigenvalue weighted by Crippen LogP contribution is 2.21. The average molecular weight is 304 g/mol. The maximum Gasteiger partial charge on any atom is 0.303 e. The molecule has 0 aromatic heterocycles. The quantitative estimate of drug-likeness (QED) is 0.772. The monoisotopic (exact) mass is 304 g/mol. The van der Waals surface area contributed by atoms with Gasteiger partial charge in [-0.2, -0.15) is 4.31 Å². The number of sulfonamides is 1. The second-order valence-corrected chi connectivity index (χ2v) is 7.51. The van der Waals surface area contributed by atoms with Gasteiger partial charge in [-0.3, -0.25) is 9.59 Å². The van der Waals surface area contributed by atoms with E-state index in [0.29, 0.717) is 38.9 Å². The SMILES string of the molecule is O=C(O)CC1CCN(C(=O)CN2CCCS2(=O)=O)CC1. The van der Waals surface area contributed by atoms with Gasteiger partial charge >= 0.3 is 5.97 Å². The van der Waals surface area contributed by atoms with Crippen LogP contribution in [0.2, 0.25) is 0 Å². The summed E-state index contributed by atoms with van der Waals surface area (Å²) in [7, 11) is -3.24. The molecular formula is C12H20N2O5S. The molecule has 2 aliphatic rings. The largest absolute Gasteiger partial charge is 0.481 e. The van der Waals surface area contributed by atoms with Crippen LogP contribution >= 0.6 is 0 Å². The molecule has 0 radical (unpaired) electrons. The van der Waals surface area contributed by atoms with Crippen molar-refractivity contribution in [2.24, 2.45) is 5.92 Å². The van der Waals surface area contributed by atoms with E-state index >= 15 is 0 Å². The predicted molar refractivity (Wildman–Crippen MR) is 71.5 cm³/mol. The number of carboxylic acids is 1. The summed E-state index contributed by atoms with van der Waals surface area (Å²) in [5.41, 5.74) is 0. The Balaban J connectivity index is 1.82. The molecule has 8 heteroatoms. The number of aliphatic carboxylic acids is 1. The Labute approximate surface area is 118 Å². The van der Waals surface area contributed by atoms with Gasteiger partial charge in [0.2, 0.25) is 15.9 Å². The first-order valence-corrected chi connectivity index (χ1v) is 8.47. The van der Waals surface area contributed by atoms with Crippen molar-refractivity contribution in [2.45, 2.75) is 25.7 Å². The number of hydrogen-bond donors (Lipinski definition) is 1. The van der Waals surface area contributed by atoms with Crippen LogP contribution in [0.1, 0.15) is 25.7 Å². The van der Waals surface area contributed by atoms with Crippen LogP contribution in [-0.4, -0.2) is 66.5 Å². The Morgan fingerprint density at radius 1 is 1.15 bits per heavy atom. The van der Waals surface area contributed by atoms with Crippen LogP contribution in [0.15, 0.2) is 0 Å². The predicted octanol–water partition coefficient (Wildman–Crippen LogP) is -0.265. The lowest BCUT2D eigenvalue weighted by Gasteiger charge is -2.32. The molecule has 7 nitrogen and oxygen atoms in total. The van der Waals surface area contributed by atoms with Gasteiger partial charge in [0, 0.05) is 26.1 Å². The van der Waals surface area contributed by atoms with Crippen molar-refractivity contribution in [3.8, 4) is 0 Å². The van der Waals surface area contributed by atoms with Gasteiger partial charge < -0.3 is 10.0 Å². The first kappa shape index (κ1) is 15.2. The zero-order chi connectivity index (χ0) is 14.8. The lowest BCUT2D eigenvalue weighted by Crippen LogP contribution is -2.44. The highest BCUT2D eigenvalue weighted by molar-refractivity contribution is 7.89. The molecule has 1 amide bonds. The van der Waals surface area contributed by atoms with E-state index in [1.807, 2.05) is 0 Å². The second-order valence-electron chi connectivity index (χ2n) is 5.43. The highest BCUT2D eigenvalue weighted by Gasteiger charge is 2.32. The highest BCUT2D eigenvalue weighted by atomic mass is 32.2. The minimum Gasteiger partial charge on any atom is -0.481 e. The van der Waals surface area contributed by atoms with Crippen molar-refractivity contribution in [2.75, 3.05) is 31.9 Å². The van der Waals surface area contributed by atoms with E-state index in [0.717, 1.165) is 0 Å². The van der Waals surface area contributed by atoms with E-state index in [-0.39, 0.29) is 30.5 Å². The van der Waals surface area contributed by atoms with Crippen molar-refractivity contribution in [1.29, 1.82) is 0 Å². The number of rotatable bonds is 4. The fourth-order valence-electron chi connectivity index (χ4n) is 2.75. The molecule has 0 aromatic carbocycles. The number of carbonyl (C=O) groups excluding carboxylic acids is 1. The number of hydrogen-bond acceptors (Lipinski definition) is 4. The van der Waals surface area contributed by atoms with Crippen LogP contribution < -0.4 is 0 Å². The third-order valence-electron chi connectivity index (χ3n) is 3.95. The summed E-state index contributed by atoms with van der Waals surface area (Å²) in [6.45, 7) is 1.38. The third-order valence-corrected chi connectivity index (χ3v) is 5.85. The molecule has 2 saturated heterocycles. The zero-order valence-corrected chi connectivity index (χ0v) is 12.1. The molecule has 1 N–H and O–H groups in total. The minimum atomic E-state index is -3.24. The number of likely N-dealkylation sites (tertiary alicyclic amines) is 1. The van der Waals surface area contributed by atoms with Crippen LogP contribution in [0.4, 0.5) is 0 Å². The molecule has 114 valence electrons. The van der Waals surface area contributed by atoms with E-state index in [1.54, 1.807) is 4.90 Å². The van der Waals surface area contributed by atoms with Crippen molar-refractivity contribution in [1.82, 2.24) is 9.21 Å². The molecule has 0 spiro atoms. The van der Waals surface area contributed by atoms with Crippen molar-refractivity contribution in [3.05, 3.63) is 0 Å². The van der Waals surface area contributed by atoms with Crippen LogP contribution in [0.5, 0.6) is 0 Å². The molecule has 0 unspecified atom stereocenters. The zero-order valence-electron chi connectivity index (χ0n) is 11.3. The van der Waals surface area contributed by atoms with Gasteiger partial charge in [-0.15, -0.1) is 0 Å². The van der Waals surface area contributed by atoms with Gasteiger partial charge in [0.25, 0.3) is 0 Å². The number of piperidine rings is 1. The fraction of sp³-hybridized carbons (Fsp3) is 0.833. The minimum absolute atomic E-state index is 0.0774. The Kier molecular flexibility index (Phi) is 4.64. The van der Waals surface area contributed by atoms with Crippen LogP contribution in [0.3, 0.4) is 0 Å². The molecule has 2 rings (SSSR count). The molecule has 0 bridgehead atoms. The summed E-state index contributed by atoms with van der Waals surface area (Å²) in [6.07, 6.45) is 2.06. The Morgan fingerprint density at radius 3 is 2.30 bits per heavy atom. The van der Waals surface area contributed by atoms with Crippen LogP contribution in [-0.2, 0) is 19.6 Å². The van der Waals surface area contributed by atoms with E-state index in [2.05, 4.69) is 0 Å². The number of carbonyl (C=O) groups is 2. The standard InChI is InChI=1S/C12H20N2O5S/c15-11(9-14-4-1-7-20(14,18)19)13-5-2-10(3-6-13)8-12(16)17/h10H,1-9H2,(H,16,17). The Bertz CT molecular complexity index is 482. The topological polar surface area (TPSA) is 95.0 Å². The summed E-state index contributed by atoms with van der Waals surface area (Å²) in [5, 5.41) is 8.73. The lowest BCUT2D eigenvalue weighted by molar-refractivity contribution is -0.138. The average Bonchev–Trinajstić information content (AvgIpc) is 2.69. The molecule has 0 atom stereocenters. The van der Waals surface area contributed by atoms with E-state index in [1.165, 1.54) is 4.31 Å². The summed E-state index contributed by atoms with van der Waals surface area (Å²) >= 11 is 0. The fourth-order valence-corrected chi connectivity index (χ4v) is 4.22. The normalized spacial score (nSPS) is 23.9. The number of amides is 1. The maximum absolute atomic E-state index is 12.1. The molecular weight excluding hydrogens is 284 g/mol. The van der Waals surface area contributed by atoms with Gasteiger partial charge in [0.1, 0.15) is 0 Å². The van der Waals surface area contributed by atoms with Gasteiger partial charge in [-0.25, -0.2) is 8.42 Å². The van der Waals surface area contributed by atoms with Gasteiger partial charge in [0.05, 0.1) is 12.3 Å². The first-order valence-electron chi connectivity index (χ1n) is 6.86. The van der Waals surface area contributed by atoms with Gasteiger partial charge in [-0.05, 0) is 25.2 Å². The Hall–Kier alpha value is -1.15. The molecule has 2 aliphatic heterocycles. The van der Waals surface area contributed by atoms with Crippen molar-refractivity contribution < 1.29 is 23.1 Å². The van der Waals surface area contributed by atoms with Crippen molar-refractivity contribution >= 4 is 21.9 Å². The molecule has 0 saturated carbocycles. The lowest BCUT2D eigenvalue weighted by atomic mass is 9.93. The first-order chi connectivity index (χ1) is 9.38. The third kappa shape index (κ3) is 3.69. The number of carboxylic acid groups (broad SMARTS) is 1. The maximum atomic E-state index is 12.1. The van der Waals surface area contributed by atoms with Gasteiger partial charge in [-0.1, -0.05) is 0 Å². The molecule has 2 heterocycles. The van der Waals surface area contributed by atoms with Crippen LogP contribution in [0.25, 0.3) is 0 Å². The molecule has 0 aromatic rings. The summed E-state index contributed by atoms with van der Waals surface area (Å²) in [6, 6.07) is 0. The molecule has 2 fully saturated rings. The molecule has 20 heavy (non-hydrogen) atoms. The van der Waals surface area contributed by atoms with Gasteiger partial charge in [0.15, 0.2) is 0 Å². The smallest absolute Gasteiger partial charge is 0.303 e. The van der Waals surface area contributed by atoms with E-state index in [4.69, 9.17) is 5.11 Å². The van der Waals surface area contributed by atoms with Crippen LogP contribution in [0, 0.1) is 5.92 Å². The van der Waals surface area contributed by atoms with E-state index < -0.39 is 16.0 Å². The Morgan fingerprint density at radius 2 is 1.80 bits per heavy atom. The van der Waals surface area contributed by atoms with E-state index in [9.17, 15) is 18.0 Å². The summed E-state index contributed by atoms with van der Waals surface area (Å²) in [4.78, 5) is 24.3. The van der Waals surface area contributed by atoms with Crippen molar-refractivity contribution in [3.63, 3.8) is 0 Å². The molecule has 0 aliphatic carbocycles. The second kappa shape index (κ2) is 6.09.